The van der Waals surface area contributed by atoms with Crippen LogP contribution in [0.3, 0.4) is 0 Å². The number of amides is 2. The van der Waals surface area contributed by atoms with E-state index in [-0.39, 0.29) is 30.3 Å². The van der Waals surface area contributed by atoms with E-state index in [2.05, 4.69) is 11.2 Å². The minimum absolute atomic E-state index is 0.114. The van der Waals surface area contributed by atoms with Gasteiger partial charge in [0.15, 0.2) is 0 Å². The fourth-order valence-electron chi connectivity index (χ4n) is 1.63. The molecule has 0 radical (unpaired) electrons. The number of carbonyl (C=O) groups is 2. The maximum atomic E-state index is 11.6. The van der Waals surface area contributed by atoms with Gasteiger partial charge in [-0.1, -0.05) is 6.92 Å². The number of likely N-dealkylation sites (N-methyl/N-ethyl adjacent to an activating group) is 1. The van der Waals surface area contributed by atoms with Crippen molar-refractivity contribution in [3.05, 3.63) is 0 Å². The molecular weight excluding hydrogens is 192 g/mol. The first-order valence-corrected chi connectivity index (χ1v) is 5.10. The Hall–Kier alpha value is -1.34. The minimum atomic E-state index is -0.388. The molecule has 1 N–H and O–H groups in total. The standard InChI is InChI=1S/C11H16N2O2/c1-4-6-8(5-2)12-9-7-10(14)13(3)11(9)15/h1,8-9,12H,5-7H2,2-3H3. The lowest BCUT2D eigenvalue weighted by atomic mass is 10.1. The molecule has 1 fully saturated rings. The maximum Gasteiger partial charge on any atom is 0.246 e. The van der Waals surface area contributed by atoms with E-state index in [4.69, 9.17) is 6.42 Å². The largest absolute Gasteiger partial charge is 0.302 e. The van der Waals surface area contributed by atoms with Crippen LogP contribution in [0.5, 0.6) is 0 Å². The van der Waals surface area contributed by atoms with Gasteiger partial charge in [-0.05, 0) is 6.42 Å². The first-order valence-electron chi connectivity index (χ1n) is 5.10. The van der Waals surface area contributed by atoms with Gasteiger partial charge in [-0.15, -0.1) is 12.3 Å². The first-order chi connectivity index (χ1) is 7.10. The second kappa shape index (κ2) is 4.94. The Morgan fingerprint density at radius 3 is 2.73 bits per heavy atom. The molecule has 82 valence electrons. The van der Waals surface area contributed by atoms with E-state index in [1.807, 2.05) is 6.92 Å². The van der Waals surface area contributed by atoms with Crippen LogP contribution in [0.15, 0.2) is 0 Å². The third-order valence-electron chi connectivity index (χ3n) is 2.68. The molecule has 15 heavy (non-hydrogen) atoms. The molecular formula is C11H16N2O2. The molecule has 2 atom stereocenters. The van der Waals surface area contributed by atoms with Crippen LogP contribution in [0.25, 0.3) is 0 Å². The maximum absolute atomic E-state index is 11.6. The highest BCUT2D eigenvalue weighted by molar-refractivity contribution is 6.05. The molecule has 1 aliphatic heterocycles. The summed E-state index contributed by atoms with van der Waals surface area (Å²) in [6.45, 7) is 2.00. The van der Waals surface area contributed by atoms with Gasteiger partial charge in [-0.2, -0.15) is 0 Å². The van der Waals surface area contributed by atoms with Crippen LogP contribution >= 0.6 is 0 Å². The Kier molecular flexibility index (Phi) is 3.87. The van der Waals surface area contributed by atoms with E-state index in [1.165, 1.54) is 11.9 Å². The second-order valence-electron chi connectivity index (χ2n) is 3.73. The van der Waals surface area contributed by atoms with Crippen LogP contribution in [0.4, 0.5) is 0 Å². The highest BCUT2D eigenvalue weighted by Crippen LogP contribution is 2.12. The van der Waals surface area contributed by atoms with Gasteiger partial charge in [0.05, 0.1) is 12.5 Å². The van der Waals surface area contributed by atoms with Gasteiger partial charge in [-0.25, -0.2) is 0 Å². The number of terminal acetylenes is 1. The van der Waals surface area contributed by atoms with Gasteiger partial charge >= 0.3 is 0 Å². The summed E-state index contributed by atoms with van der Waals surface area (Å²) in [5, 5.41) is 3.12. The van der Waals surface area contributed by atoms with Crippen molar-refractivity contribution >= 4 is 11.8 Å². The highest BCUT2D eigenvalue weighted by Gasteiger charge is 2.36. The second-order valence-corrected chi connectivity index (χ2v) is 3.73. The zero-order valence-electron chi connectivity index (χ0n) is 9.12. The third kappa shape index (κ3) is 2.57. The van der Waals surface area contributed by atoms with Crippen molar-refractivity contribution in [1.29, 1.82) is 0 Å². The number of imide groups is 1. The summed E-state index contributed by atoms with van der Waals surface area (Å²) in [6, 6.07) is -0.274. The van der Waals surface area contributed by atoms with Crippen LogP contribution in [0.1, 0.15) is 26.2 Å². The van der Waals surface area contributed by atoms with Crippen LogP contribution in [0, 0.1) is 12.3 Å². The molecule has 2 unspecified atom stereocenters. The summed E-state index contributed by atoms with van der Waals surface area (Å²) >= 11 is 0. The molecule has 1 aliphatic rings. The predicted octanol–water partition coefficient (Wildman–Crippen LogP) is 0.135. The van der Waals surface area contributed by atoms with Crippen molar-refractivity contribution in [2.45, 2.75) is 38.3 Å². The summed E-state index contributed by atoms with van der Waals surface area (Å²) in [6.07, 6.45) is 6.90. The number of likely N-dealkylation sites (tertiary alicyclic amines) is 1. The first kappa shape index (κ1) is 11.7. The fraction of sp³-hybridized carbons (Fsp3) is 0.636. The van der Waals surface area contributed by atoms with Gasteiger partial charge in [0, 0.05) is 19.5 Å². The van der Waals surface area contributed by atoms with E-state index < -0.39 is 0 Å². The number of nitrogens with zero attached hydrogens (tertiary/aromatic N) is 1. The molecule has 1 heterocycles. The van der Waals surface area contributed by atoms with Crippen molar-refractivity contribution < 1.29 is 9.59 Å². The van der Waals surface area contributed by atoms with E-state index in [9.17, 15) is 9.59 Å². The predicted molar refractivity (Wildman–Crippen MR) is 56.8 cm³/mol. The van der Waals surface area contributed by atoms with Crippen molar-refractivity contribution in [3.63, 3.8) is 0 Å². The summed E-state index contributed by atoms with van der Waals surface area (Å²) < 4.78 is 0. The number of hydrogen-bond donors (Lipinski definition) is 1. The van der Waals surface area contributed by atoms with Crippen molar-refractivity contribution in [2.75, 3.05) is 7.05 Å². The number of nitrogens with one attached hydrogen (secondary N) is 1. The Morgan fingerprint density at radius 1 is 1.67 bits per heavy atom. The highest BCUT2D eigenvalue weighted by atomic mass is 16.2. The Balaban J connectivity index is 2.56. The molecule has 0 aromatic heterocycles. The smallest absolute Gasteiger partial charge is 0.246 e. The molecule has 0 aromatic rings. The zero-order chi connectivity index (χ0) is 11.4. The van der Waals surface area contributed by atoms with E-state index in [0.717, 1.165) is 6.42 Å². The van der Waals surface area contributed by atoms with E-state index in [0.29, 0.717) is 6.42 Å². The Labute approximate surface area is 90.0 Å². The van der Waals surface area contributed by atoms with Crippen LogP contribution in [0.2, 0.25) is 0 Å². The molecule has 0 saturated carbocycles. The molecule has 2 amide bonds. The fourth-order valence-corrected chi connectivity index (χ4v) is 1.63. The molecule has 1 saturated heterocycles. The lowest BCUT2D eigenvalue weighted by Gasteiger charge is -2.18. The molecule has 0 bridgehead atoms. The number of hydrogen-bond acceptors (Lipinski definition) is 3. The molecule has 1 rings (SSSR count). The summed E-state index contributed by atoms with van der Waals surface area (Å²) in [4.78, 5) is 24.0. The molecule has 0 spiro atoms. The van der Waals surface area contributed by atoms with Crippen molar-refractivity contribution in [2.24, 2.45) is 0 Å². The third-order valence-corrected chi connectivity index (χ3v) is 2.68. The van der Waals surface area contributed by atoms with Gasteiger partial charge < -0.3 is 5.32 Å². The summed E-state index contributed by atoms with van der Waals surface area (Å²) in [5.41, 5.74) is 0. The normalized spacial score (nSPS) is 23.0. The Bertz CT molecular complexity index is 306. The van der Waals surface area contributed by atoms with E-state index >= 15 is 0 Å². The lowest BCUT2D eigenvalue weighted by molar-refractivity contribution is -0.137. The Morgan fingerprint density at radius 2 is 2.33 bits per heavy atom. The van der Waals surface area contributed by atoms with Crippen LogP contribution in [-0.2, 0) is 9.59 Å². The van der Waals surface area contributed by atoms with Gasteiger partial charge in [0.25, 0.3) is 0 Å². The van der Waals surface area contributed by atoms with Crippen molar-refractivity contribution in [1.82, 2.24) is 10.2 Å². The average molecular weight is 208 g/mol. The topological polar surface area (TPSA) is 49.4 Å². The molecule has 0 aromatic carbocycles. The van der Waals surface area contributed by atoms with Gasteiger partial charge in [-0.3, -0.25) is 14.5 Å². The zero-order valence-corrected chi connectivity index (χ0v) is 9.12. The SMILES string of the molecule is C#CCC(CC)NC1CC(=O)N(C)C1=O. The van der Waals surface area contributed by atoms with Crippen LogP contribution < -0.4 is 5.32 Å². The molecule has 0 aliphatic carbocycles. The van der Waals surface area contributed by atoms with Gasteiger partial charge in [0.2, 0.25) is 11.8 Å². The lowest BCUT2D eigenvalue weighted by Crippen LogP contribution is -2.42. The molecule has 4 nitrogen and oxygen atoms in total. The monoisotopic (exact) mass is 208 g/mol. The van der Waals surface area contributed by atoms with Crippen LogP contribution in [-0.4, -0.2) is 35.8 Å². The summed E-state index contributed by atoms with van der Waals surface area (Å²) in [7, 11) is 1.51. The van der Waals surface area contributed by atoms with E-state index in [1.54, 1.807) is 0 Å². The minimum Gasteiger partial charge on any atom is -0.302 e. The number of rotatable bonds is 4. The number of carbonyl (C=O) groups excluding carboxylic acids is 2. The average Bonchev–Trinajstić information content (AvgIpc) is 2.46. The van der Waals surface area contributed by atoms with Crippen molar-refractivity contribution in [3.8, 4) is 12.3 Å². The van der Waals surface area contributed by atoms with Gasteiger partial charge in [0.1, 0.15) is 0 Å². The quantitative estimate of drug-likeness (QED) is 0.528. The summed E-state index contributed by atoms with van der Waals surface area (Å²) in [5.74, 6) is 2.27. The molecule has 4 heteroatoms.